The molecule has 5 rings (SSSR count). The smallest absolute Gasteiger partial charge is 0.119 e. The van der Waals surface area contributed by atoms with Crippen molar-refractivity contribution in [1.82, 2.24) is 0 Å². The Morgan fingerprint density at radius 2 is 1.20 bits per heavy atom. The van der Waals surface area contributed by atoms with Crippen LogP contribution in [0.2, 0.25) is 0 Å². The third-order valence-corrected chi connectivity index (χ3v) is 5.23. The molecule has 0 unspecified atom stereocenters. The zero-order valence-electron chi connectivity index (χ0n) is 14.3. The Bertz CT molecular complexity index is 1280. The predicted molar refractivity (Wildman–Crippen MR) is 108 cm³/mol. The molecular weight excluding hydrogens is 304 g/mol. The Balaban J connectivity index is 2.16. The second-order valence-electron chi connectivity index (χ2n) is 6.62. The largest absolute Gasteiger partial charge is 0.497 e. The van der Waals surface area contributed by atoms with Gasteiger partial charge in [0.15, 0.2) is 0 Å². The van der Waals surface area contributed by atoms with Crippen molar-refractivity contribution in [2.75, 3.05) is 7.11 Å². The summed E-state index contributed by atoms with van der Waals surface area (Å²) in [5.41, 5.74) is 1.30. The van der Waals surface area contributed by atoms with Crippen molar-refractivity contribution in [2.24, 2.45) is 0 Å². The monoisotopic (exact) mass is 322 g/mol. The van der Waals surface area contributed by atoms with Gasteiger partial charge in [0.25, 0.3) is 0 Å². The summed E-state index contributed by atoms with van der Waals surface area (Å²) in [6.45, 7) is 2.21. The van der Waals surface area contributed by atoms with E-state index in [-0.39, 0.29) is 0 Å². The first kappa shape index (κ1) is 14.3. The van der Waals surface area contributed by atoms with Crippen molar-refractivity contribution in [3.8, 4) is 5.75 Å². The highest BCUT2D eigenvalue weighted by molar-refractivity contribution is 6.32. The molecule has 0 N–H and O–H groups in total. The zero-order chi connectivity index (χ0) is 17.0. The van der Waals surface area contributed by atoms with Crippen LogP contribution in [0.25, 0.3) is 43.1 Å². The minimum Gasteiger partial charge on any atom is -0.497 e. The van der Waals surface area contributed by atoms with Crippen LogP contribution in [0.5, 0.6) is 5.75 Å². The molecule has 5 aromatic carbocycles. The fourth-order valence-corrected chi connectivity index (χ4v) is 4.15. The van der Waals surface area contributed by atoms with E-state index < -0.39 is 0 Å². The number of hydrogen-bond donors (Lipinski definition) is 0. The van der Waals surface area contributed by atoms with Gasteiger partial charge >= 0.3 is 0 Å². The van der Waals surface area contributed by atoms with Crippen LogP contribution >= 0.6 is 0 Å². The van der Waals surface area contributed by atoms with E-state index in [4.69, 9.17) is 4.74 Å². The number of fused-ring (bicyclic) bond motifs is 8. The molecule has 0 bridgehead atoms. The van der Waals surface area contributed by atoms with Crippen molar-refractivity contribution in [2.45, 2.75) is 6.92 Å². The van der Waals surface area contributed by atoms with E-state index >= 15 is 0 Å². The summed E-state index contributed by atoms with van der Waals surface area (Å²) in [5, 5.41) is 10.5. The summed E-state index contributed by atoms with van der Waals surface area (Å²) in [6, 6.07) is 26.1. The molecule has 0 aromatic heterocycles. The Hall–Kier alpha value is -3.06. The van der Waals surface area contributed by atoms with Crippen LogP contribution < -0.4 is 4.74 Å². The number of methoxy groups -OCH3 is 1. The molecular formula is C24H18O. The van der Waals surface area contributed by atoms with Crippen LogP contribution in [0.3, 0.4) is 0 Å². The summed E-state index contributed by atoms with van der Waals surface area (Å²) in [4.78, 5) is 0. The first-order valence-corrected chi connectivity index (χ1v) is 8.58. The molecule has 0 aliphatic carbocycles. The van der Waals surface area contributed by atoms with Crippen LogP contribution in [0, 0.1) is 6.92 Å². The third-order valence-electron chi connectivity index (χ3n) is 5.23. The molecule has 5 aromatic rings. The summed E-state index contributed by atoms with van der Waals surface area (Å²) >= 11 is 0. The van der Waals surface area contributed by atoms with E-state index in [1.54, 1.807) is 7.11 Å². The Kier molecular flexibility index (Phi) is 2.98. The van der Waals surface area contributed by atoms with Crippen molar-refractivity contribution in [3.05, 3.63) is 78.4 Å². The van der Waals surface area contributed by atoms with Gasteiger partial charge in [-0.2, -0.15) is 0 Å². The second-order valence-corrected chi connectivity index (χ2v) is 6.62. The summed E-state index contributed by atoms with van der Waals surface area (Å²) in [7, 11) is 1.72. The molecule has 0 aliphatic rings. The van der Waals surface area contributed by atoms with Crippen molar-refractivity contribution < 1.29 is 4.74 Å². The van der Waals surface area contributed by atoms with E-state index in [1.807, 2.05) is 0 Å². The molecule has 1 heteroatoms. The van der Waals surface area contributed by atoms with Gasteiger partial charge < -0.3 is 4.74 Å². The maximum absolute atomic E-state index is 5.43. The SMILES string of the molecule is COc1ccc2c(c1)cc(C)c1c3ccccc3c3ccccc3c21. The average molecular weight is 322 g/mol. The number of ether oxygens (including phenoxy) is 1. The summed E-state index contributed by atoms with van der Waals surface area (Å²) in [5.74, 6) is 0.899. The van der Waals surface area contributed by atoms with Crippen LogP contribution in [0.15, 0.2) is 72.8 Å². The molecule has 25 heavy (non-hydrogen) atoms. The van der Waals surface area contributed by atoms with Crippen LogP contribution in [0.1, 0.15) is 5.56 Å². The fraction of sp³-hybridized carbons (Fsp3) is 0.0833. The highest BCUT2D eigenvalue weighted by atomic mass is 16.5. The predicted octanol–water partition coefficient (Wildman–Crippen LogP) is 6.62. The minimum atomic E-state index is 0.899. The highest BCUT2D eigenvalue weighted by Gasteiger charge is 2.13. The second kappa shape index (κ2) is 5.22. The molecule has 0 aliphatic heterocycles. The average Bonchev–Trinajstić information content (AvgIpc) is 2.67. The molecule has 0 fully saturated rings. The topological polar surface area (TPSA) is 9.23 Å². The van der Waals surface area contributed by atoms with Gasteiger partial charge in [-0.15, -0.1) is 0 Å². The van der Waals surface area contributed by atoms with E-state index in [2.05, 4.69) is 79.7 Å². The normalized spacial score (nSPS) is 11.6. The van der Waals surface area contributed by atoms with Gasteiger partial charge in [-0.1, -0.05) is 60.7 Å². The van der Waals surface area contributed by atoms with E-state index in [0.717, 1.165) is 5.75 Å². The lowest BCUT2D eigenvalue weighted by Gasteiger charge is -2.15. The lowest BCUT2D eigenvalue weighted by molar-refractivity contribution is 0.415. The lowest BCUT2D eigenvalue weighted by atomic mass is 9.89. The first-order valence-electron chi connectivity index (χ1n) is 8.58. The van der Waals surface area contributed by atoms with Gasteiger partial charge in [-0.05, 0) is 67.7 Å². The molecule has 0 spiro atoms. The molecule has 0 heterocycles. The van der Waals surface area contributed by atoms with Gasteiger partial charge in [0.1, 0.15) is 5.75 Å². The van der Waals surface area contributed by atoms with Crippen molar-refractivity contribution in [3.63, 3.8) is 0 Å². The van der Waals surface area contributed by atoms with Gasteiger partial charge in [0.05, 0.1) is 7.11 Å². The van der Waals surface area contributed by atoms with Crippen LogP contribution in [-0.4, -0.2) is 7.11 Å². The van der Waals surface area contributed by atoms with Gasteiger partial charge in [-0.25, -0.2) is 0 Å². The Morgan fingerprint density at radius 1 is 0.600 bits per heavy atom. The zero-order valence-corrected chi connectivity index (χ0v) is 14.3. The number of hydrogen-bond acceptors (Lipinski definition) is 1. The molecule has 0 saturated carbocycles. The van der Waals surface area contributed by atoms with E-state index in [0.29, 0.717) is 0 Å². The number of aryl methyl sites for hydroxylation is 1. The van der Waals surface area contributed by atoms with Gasteiger partial charge in [-0.3, -0.25) is 0 Å². The number of rotatable bonds is 1. The molecule has 0 saturated heterocycles. The standard InChI is InChI=1S/C24H18O/c1-15-13-16-14-17(25-2)11-12-18(16)24-22-10-6-4-8-20(22)19-7-3-5-9-21(19)23(15)24/h3-14H,1-2H3. The molecule has 120 valence electrons. The number of benzene rings is 5. The maximum Gasteiger partial charge on any atom is 0.119 e. The van der Waals surface area contributed by atoms with Crippen molar-refractivity contribution in [1.29, 1.82) is 0 Å². The first-order chi connectivity index (χ1) is 12.3. The third kappa shape index (κ3) is 1.96. The van der Waals surface area contributed by atoms with Gasteiger partial charge in [0.2, 0.25) is 0 Å². The maximum atomic E-state index is 5.43. The van der Waals surface area contributed by atoms with Crippen LogP contribution in [-0.2, 0) is 0 Å². The Labute approximate surface area is 146 Å². The van der Waals surface area contributed by atoms with Crippen molar-refractivity contribution >= 4 is 43.1 Å². The van der Waals surface area contributed by atoms with E-state index in [9.17, 15) is 0 Å². The summed E-state index contributed by atoms with van der Waals surface area (Å²) in [6.07, 6.45) is 0. The molecule has 1 nitrogen and oxygen atoms in total. The van der Waals surface area contributed by atoms with E-state index in [1.165, 1.54) is 48.7 Å². The highest BCUT2D eigenvalue weighted by Crippen LogP contribution is 2.41. The fourth-order valence-electron chi connectivity index (χ4n) is 4.15. The molecule has 0 amide bonds. The Morgan fingerprint density at radius 3 is 1.84 bits per heavy atom. The lowest BCUT2D eigenvalue weighted by Crippen LogP contribution is -1.89. The summed E-state index contributed by atoms with van der Waals surface area (Å²) < 4.78 is 5.43. The van der Waals surface area contributed by atoms with Gasteiger partial charge in [0, 0.05) is 0 Å². The quantitative estimate of drug-likeness (QED) is 0.315. The molecule has 0 atom stereocenters. The van der Waals surface area contributed by atoms with Crippen LogP contribution in [0.4, 0.5) is 0 Å². The molecule has 0 radical (unpaired) electrons. The minimum absolute atomic E-state index is 0.899.